The zero-order valence-electron chi connectivity index (χ0n) is 19.1. The van der Waals surface area contributed by atoms with Crippen molar-refractivity contribution in [1.82, 2.24) is 0 Å². The Kier molecular flexibility index (Phi) is 6.75. The van der Waals surface area contributed by atoms with E-state index in [0.717, 1.165) is 31.4 Å². The topological polar surface area (TPSA) is 43.4 Å². The van der Waals surface area contributed by atoms with Crippen LogP contribution in [0.25, 0.3) is 0 Å². The highest BCUT2D eigenvalue weighted by Gasteiger charge is 2.40. The van der Waals surface area contributed by atoms with Gasteiger partial charge in [0.25, 0.3) is 10.1 Å². The first-order chi connectivity index (χ1) is 15.8. The molecule has 0 unspecified atom stereocenters. The van der Waals surface area contributed by atoms with E-state index in [4.69, 9.17) is 3.63 Å². The average molecular weight is 477 g/mol. The largest absolute Gasteiger partial charge is 0.281 e. The lowest BCUT2D eigenvalue weighted by Gasteiger charge is -2.42. The van der Waals surface area contributed by atoms with E-state index in [1.165, 1.54) is 0 Å². The molecule has 170 valence electrons. The SMILES string of the molecule is Cc1ccccc1S(OS(=O)(=O)Cc1ccccc1)(c1ccccc1C)c1ccccc1C. The van der Waals surface area contributed by atoms with Crippen molar-refractivity contribution in [1.29, 1.82) is 0 Å². The molecule has 4 rings (SSSR count). The molecule has 0 bridgehead atoms. The number of rotatable bonds is 7. The summed E-state index contributed by atoms with van der Waals surface area (Å²) in [5.41, 5.74) is 3.68. The van der Waals surface area contributed by atoms with Crippen molar-refractivity contribution in [3.05, 3.63) is 125 Å². The van der Waals surface area contributed by atoms with Crippen molar-refractivity contribution in [2.75, 3.05) is 0 Å². The van der Waals surface area contributed by atoms with Crippen LogP contribution in [0.2, 0.25) is 0 Å². The molecule has 0 aromatic heterocycles. The van der Waals surface area contributed by atoms with E-state index in [0.29, 0.717) is 5.56 Å². The summed E-state index contributed by atoms with van der Waals surface area (Å²) in [5.74, 6) is -0.188. The van der Waals surface area contributed by atoms with Crippen LogP contribution in [-0.4, -0.2) is 8.42 Å². The fourth-order valence-electron chi connectivity index (χ4n) is 4.06. The Bertz CT molecular complexity index is 1250. The standard InChI is InChI=1S/C28H28O3S2/c1-22-13-7-10-18-26(22)33(27-19-11-8-14-23(27)2,28-20-12-9-15-24(28)3)31-32(29,30)21-25-16-5-4-6-17-25/h4-20H,21H2,1-3H3. The highest BCUT2D eigenvalue weighted by molar-refractivity contribution is 8.33. The number of benzene rings is 4. The molecule has 0 aliphatic carbocycles. The molecule has 0 aliphatic rings. The van der Waals surface area contributed by atoms with Crippen LogP contribution in [0.4, 0.5) is 0 Å². The molecule has 5 heteroatoms. The third-order valence-corrected chi connectivity index (χ3v) is 11.2. The molecule has 0 spiro atoms. The molecular formula is C28H28O3S2. The Hall–Kier alpha value is -2.86. The minimum atomic E-state index is -3.95. The van der Waals surface area contributed by atoms with Crippen LogP contribution in [0.5, 0.6) is 0 Å². The van der Waals surface area contributed by atoms with Gasteiger partial charge in [0, 0.05) is 14.7 Å². The summed E-state index contributed by atoms with van der Waals surface area (Å²) in [6.45, 7) is 6.04. The molecule has 0 heterocycles. The van der Waals surface area contributed by atoms with Gasteiger partial charge in [0.15, 0.2) is 0 Å². The molecule has 4 aromatic carbocycles. The van der Waals surface area contributed by atoms with E-state index in [-0.39, 0.29) is 5.75 Å². The second kappa shape index (κ2) is 9.56. The number of hydrogen-bond donors (Lipinski definition) is 0. The van der Waals surface area contributed by atoms with Crippen LogP contribution in [0.3, 0.4) is 0 Å². The van der Waals surface area contributed by atoms with Crippen molar-refractivity contribution < 1.29 is 12.0 Å². The molecule has 4 aromatic rings. The van der Waals surface area contributed by atoms with Gasteiger partial charge >= 0.3 is 0 Å². The Morgan fingerprint density at radius 3 is 1.30 bits per heavy atom. The maximum atomic E-state index is 13.7. The maximum Gasteiger partial charge on any atom is 0.281 e. The number of hydrogen-bond acceptors (Lipinski definition) is 3. The molecule has 0 amide bonds. The minimum absolute atomic E-state index is 0.188. The lowest BCUT2D eigenvalue weighted by Crippen LogP contribution is -2.18. The molecule has 0 N–H and O–H groups in total. The van der Waals surface area contributed by atoms with E-state index >= 15 is 0 Å². The second-order valence-electron chi connectivity index (χ2n) is 8.11. The Morgan fingerprint density at radius 1 is 0.545 bits per heavy atom. The molecule has 0 saturated carbocycles. The van der Waals surface area contributed by atoms with Crippen LogP contribution in [0, 0.1) is 20.8 Å². The van der Waals surface area contributed by atoms with Crippen LogP contribution in [0.15, 0.2) is 118 Å². The van der Waals surface area contributed by atoms with E-state index in [1.807, 2.05) is 124 Å². The monoisotopic (exact) mass is 476 g/mol. The van der Waals surface area contributed by atoms with Gasteiger partial charge in [-0.25, -0.2) is 3.63 Å². The van der Waals surface area contributed by atoms with Gasteiger partial charge in [0.2, 0.25) is 0 Å². The van der Waals surface area contributed by atoms with Crippen molar-refractivity contribution in [2.24, 2.45) is 0 Å². The molecular weight excluding hydrogens is 448 g/mol. The van der Waals surface area contributed by atoms with Gasteiger partial charge in [0.05, 0.1) is 0 Å². The highest BCUT2D eigenvalue weighted by Crippen LogP contribution is 2.72. The van der Waals surface area contributed by atoms with Gasteiger partial charge in [-0.1, -0.05) is 84.9 Å². The fourth-order valence-corrected chi connectivity index (χ4v) is 10.1. The second-order valence-corrected chi connectivity index (χ2v) is 12.5. The Morgan fingerprint density at radius 2 is 0.909 bits per heavy atom. The summed E-state index contributed by atoms with van der Waals surface area (Å²) in [4.78, 5) is 2.68. The maximum absolute atomic E-state index is 13.7. The smallest absolute Gasteiger partial charge is 0.206 e. The summed E-state index contributed by atoms with van der Waals surface area (Å²) in [6, 6.07) is 33.0. The summed E-state index contributed by atoms with van der Waals surface area (Å²) in [6.07, 6.45) is 0. The minimum Gasteiger partial charge on any atom is -0.206 e. The average Bonchev–Trinajstić information content (AvgIpc) is 2.79. The predicted molar refractivity (Wildman–Crippen MR) is 136 cm³/mol. The van der Waals surface area contributed by atoms with Crippen LogP contribution >= 0.6 is 10.3 Å². The van der Waals surface area contributed by atoms with Gasteiger partial charge in [-0.05, 0) is 71.5 Å². The van der Waals surface area contributed by atoms with Crippen LogP contribution in [-0.2, 0) is 19.5 Å². The first-order valence-corrected chi connectivity index (χ1v) is 13.9. The zero-order chi connectivity index (χ0) is 23.5. The summed E-state index contributed by atoms with van der Waals surface area (Å²) in [5, 5.41) is 0. The van der Waals surface area contributed by atoms with Gasteiger partial charge in [0.1, 0.15) is 5.75 Å². The third-order valence-electron chi connectivity index (χ3n) is 5.60. The summed E-state index contributed by atoms with van der Waals surface area (Å²) < 4.78 is 33.8. The van der Waals surface area contributed by atoms with Gasteiger partial charge in [-0.15, -0.1) is 0 Å². The van der Waals surface area contributed by atoms with Crippen LogP contribution < -0.4 is 0 Å². The number of aryl methyl sites for hydroxylation is 3. The Balaban J connectivity index is 2.03. The molecule has 0 fully saturated rings. The first kappa shape index (κ1) is 23.3. The first-order valence-electron chi connectivity index (χ1n) is 10.8. The normalized spacial score (nSPS) is 12.5. The molecule has 0 aliphatic heterocycles. The predicted octanol–water partition coefficient (Wildman–Crippen LogP) is 7.36. The highest BCUT2D eigenvalue weighted by atomic mass is 32.3. The van der Waals surface area contributed by atoms with E-state index in [9.17, 15) is 8.42 Å². The third kappa shape index (κ3) is 4.76. The van der Waals surface area contributed by atoms with Crippen molar-refractivity contribution in [3.63, 3.8) is 0 Å². The van der Waals surface area contributed by atoms with Crippen molar-refractivity contribution in [2.45, 2.75) is 41.2 Å². The van der Waals surface area contributed by atoms with Gasteiger partial charge in [-0.2, -0.15) is 8.42 Å². The molecule has 33 heavy (non-hydrogen) atoms. The Labute approximate surface area is 198 Å². The lowest BCUT2D eigenvalue weighted by atomic mass is 10.2. The van der Waals surface area contributed by atoms with Gasteiger partial charge in [-0.3, -0.25) is 0 Å². The summed E-state index contributed by atoms with van der Waals surface area (Å²) in [7, 11) is -6.54. The zero-order valence-corrected chi connectivity index (χ0v) is 20.7. The fraction of sp³-hybridized carbons (Fsp3) is 0.143. The summed E-state index contributed by atoms with van der Waals surface area (Å²) >= 11 is 0. The quantitative estimate of drug-likeness (QED) is 0.280. The van der Waals surface area contributed by atoms with E-state index in [2.05, 4.69) is 0 Å². The van der Waals surface area contributed by atoms with Gasteiger partial charge < -0.3 is 0 Å². The van der Waals surface area contributed by atoms with Crippen molar-refractivity contribution >= 4 is 20.4 Å². The van der Waals surface area contributed by atoms with Crippen LogP contribution in [0.1, 0.15) is 22.3 Å². The molecule has 0 radical (unpaired) electrons. The van der Waals surface area contributed by atoms with E-state index in [1.54, 1.807) is 0 Å². The molecule has 3 nitrogen and oxygen atoms in total. The molecule has 0 saturated heterocycles. The molecule has 0 atom stereocenters. The lowest BCUT2D eigenvalue weighted by molar-refractivity contribution is 0.507. The van der Waals surface area contributed by atoms with Crippen molar-refractivity contribution in [3.8, 4) is 0 Å². The van der Waals surface area contributed by atoms with E-state index < -0.39 is 20.4 Å².